The zero-order valence-corrected chi connectivity index (χ0v) is 70.3. The molecular weight excluding hydrogens is 1560 g/mol. The lowest BCUT2D eigenvalue weighted by molar-refractivity contribution is 0.670. The van der Waals surface area contributed by atoms with E-state index in [0.717, 1.165) is 139 Å². The van der Waals surface area contributed by atoms with Crippen molar-refractivity contribution in [3.8, 4) is 179 Å². The van der Waals surface area contributed by atoms with Crippen LogP contribution in [0.25, 0.3) is 245 Å². The first kappa shape index (κ1) is 75.5. The summed E-state index contributed by atoms with van der Waals surface area (Å²) in [6.45, 7) is 0. The van der Waals surface area contributed by atoms with Gasteiger partial charge in [0.25, 0.3) is 0 Å². The van der Waals surface area contributed by atoms with E-state index in [-0.39, 0.29) is 0 Å². The molecule has 6 heteroatoms. The van der Waals surface area contributed by atoms with Gasteiger partial charge in [0, 0.05) is 65.9 Å². The van der Waals surface area contributed by atoms with Gasteiger partial charge in [0.2, 0.25) is 0 Å². The standard InChI is InChI=1S/C123H79N5O/c1-5-26-80(27-6-1)86-34-19-36-88(66-86)90-38-22-42-94(69-90)98-58-64-117-112(76-98)108-48-13-16-51-115(108)127(117)106-60-54-82(55-61-106)102-73-103(83-56-62-107(63-57-83)128-116-52-17-14-49-109(116)113-77-99(59-65-118(113)128)95-43-23-39-91(70-95)89-37-20-35-87(67-89)81-28-7-2-8-29-81)75-104(74-102)105-78-111(120-114(79-105)110-50-15-18-53-119(110)129-120)100-46-24-44-96(71-100)92-40-21-41-93(68-92)97-45-25-47-101(72-97)123-125-121(84-30-9-3-10-31-84)124-122(126-123)85-32-11-4-12-33-85/h1-79H. The van der Waals surface area contributed by atoms with Gasteiger partial charge in [-0.05, 0) is 267 Å². The zero-order valence-electron chi connectivity index (χ0n) is 70.3. The first-order valence-electron chi connectivity index (χ1n) is 44.0. The third kappa shape index (κ3) is 14.2. The molecule has 24 rings (SSSR count). The first-order valence-corrected chi connectivity index (χ1v) is 44.0. The van der Waals surface area contributed by atoms with Crippen LogP contribution in [-0.4, -0.2) is 24.1 Å². The van der Waals surface area contributed by atoms with E-state index in [1.807, 2.05) is 60.7 Å². The Balaban J connectivity index is 0.604. The van der Waals surface area contributed by atoms with Gasteiger partial charge in [0.05, 0.1) is 22.1 Å². The second-order valence-electron chi connectivity index (χ2n) is 33.4. The molecule has 0 unspecified atom stereocenters. The number of para-hydroxylation sites is 3. The molecule has 602 valence electrons. The lowest BCUT2D eigenvalue weighted by Crippen LogP contribution is -2.00. The van der Waals surface area contributed by atoms with Crippen LogP contribution in [0.1, 0.15) is 0 Å². The third-order valence-corrected chi connectivity index (χ3v) is 25.5. The average molecular weight is 1640 g/mol. The van der Waals surface area contributed by atoms with Crippen LogP contribution in [0.5, 0.6) is 0 Å². The molecule has 20 aromatic carbocycles. The predicted molar refractivity (Wildman–Crippen MR) is 537 cm³/mol. The Kier molecular flexibility index (Phi) is 18.8. The van der Waals surface area contributed by atoms with Crippen molar-refractivity contribution in [1.82, 2.24) is 24.1 Å². The number of aromatic nitrogens is 5. The molecule has 4 heterocycles. The van der Waals surface area contributed by atoms with Crippen molar-refractivity contribution in [1.29, 1.82) is 0 Å². The summed E-state index contributed by atoms with van der Waals surface area (Å²) in [7, 11) is 0. The molecule has 0 saturated carbocycles. The van der Waals surface area contributed by atoms with Crippen LogP contribution in [0.2, 0.25) is 0 Å². The Hall–Kier alpha value is -17.2. The molecule has 0 fully saturated rings. The lowest BCUT2D eigenvalue weighted by Gasteiger charge is -2.15. The molecule has 129 heavy (non-hydrogen) atoms. The largest absolute Gasteiger partial charge is 0.455 e. The fraction of sp³-hybridized carbons (Fsp3) is 0. The molecule has 0 atom stereocenters. The van der Waals surface area contributed by atoms with E-state index in [2.05, 4.69) is 428 Å². The molecule has 6 nitrogen and oxygen atoms in total. The van der Waals surface area contributed by atoms with Crippen molar-refractivity contribution in [2.75, 3.05) is 0 Å². The number of nitrogens with zero attached hydrogens (tertiary/aromatic N) is 5. The number of benzene rings is 20. The monoisotopic (exact) mass is 1640 g/mol. The van der Waals surface area contributed by atoms with Crippen molar-refractivity contribution in [2.24, 2.45) is 0 Å². The van der Waals surface area contributed by atoms with Crippen molar-refractivity contribution in [2.45, 2.75) is 0 Å². The van der Waals surface area contributed by atoms with Crippen molar-refractivity contribution < 1.29 is 4.42 Å². The molecule has 0 bridgehead atoms. The molecule has 0 aliphatic rings. The van der Waals surface area contributed by atoms with Crippen molar-refractivity contribution in [3.05, 3.63) is 479 Å². The van der Waals surface area contributed by atoms with Crippen LogP contribution in [-0.2, 0) is 0 Å². The minimum Gasteiger partial charge on any atom is -0.455 e. The van der Waals surface area contributed by atoms with E-state index >= 15 is 0 Å². The van der Waals surface area contributed by atoms with Gasteiger partial charge in [-0.25, -0.2) is 15.0 Å². The van der Waals surface area contributed by atoms with Crippen LogP contribution in [0.4, 0.5) is 0 Å². The summed E-state index contributed by atoms with van der Waals surface area (Å²) in [5, 5.41) is 6.91. The van der Waals surface area contributed by atoms with Gasteiger partial charge in [0.15, 0.2) is 17.5 Å². The highest BCUT2D eigenvalue weighted by atomic mass is 16.3. The molecule has 0 aliphatic carbocycles. The summed E-state index contributed by atoms with van der Waals surface area (Å²) in [5.41, 5.74) is 38.3. The third-order valence-electron chi connectivity index (χ3n) is 25.5. The maximum atomic E-state index is 7.04. The van der Waals surface area contributed by atoms with Crippen LogP contribution < -0.4 is 0 Å². The van der Waals surface area contributed by atoms with Gasteiger partial charge in [-0.15, -0.1) is 0 Å². The minimum atomic E-state index is 0.608. The number of fused-ring (bicyclic) bond motifs is 9. The molecule has 0 radical (unpaired) electrons. The highest BCUT2D eigenvalue weighted by molar-refractivity contribution is 6.14. The summed E-state index contributed by atoms with van der Waals surface area (Å²) in [5.74, 6) is 1.86. The normalized spacial score (nSPS) is 11.6. The summed E-state index contributed by atoms with van der Waals surface area (Å²) < 4.78 is 11.9. The smallest absolute Gasteiger partial charge is 0.164 e. The summed E-state index contributed by atoms with van der Waals surface area (Å²) in [6.07, 6.45) is 0. The van der Waals surface area contributed by atoms with Crippen LogP contribution >= 0.6 is 0 Å². The van der Waals surface area contributed by atoms with Gasteiger partial charge in [-0.2, -0.15) is 0 Å². The molecule has 4 aromatic heterocycles. The Labute approximate surface area is 747 Å². The maximum Gasteiger partial charge on any atom is 0.164 e. The number of hydrogen-bond acceptors (Lipinski definition) is 4. The van der Waals surface area contributed by atoms with E-state index in [0.29, 0.717) is 17.5 Å². The fourth-order valence-electron chi connectivity index (χ4n) is 19.1. The molecule has 0 saturated heterocycles. The second-order valence-corrected chi connectivity index (χ2v) is 33.4. The first-order chi connectivity index (χ1) is 63.9. The SMILES string of the molecule is c1ccc(-c2cccc(-c3cccc(-c4ccc5c(c4)c4ccccc4n5-c4ccc(-c5cc(-c6ccc(-n7c8ccccc8c8cc(-c9cccc(-c%10cccc(-c%11ccccc%11)c%10)c9)ccc87)cc6)cc(-c6cc(-c7cccc(-c8cccc(-c9cccc(-c%10nc(-c%11ccccc%11)nc(-c%11ccccc%11)n%10)c9)c8)c7)c7oc8ccccc8c7c6)c5)cc4)c3)c2)cc1. The fourth-order valence-corrected chi connectivity index (χ4v) is 19.1. The molecular formula is C123H79N5O. The number of rotatable bonds is 17. The molecule has 0 aliphatic heterocycles. The van der Waals surface area contributed by atoms with E-state index in [9.17, 15) is 0 Å². The quantitative estimate of drug-likeness (QED) is 0.0911. The molecule has 0 N–H and O–H groups in total. The number of furan rings is 1. The Morgan fingerprint density at radius 2 is 0.395 bits per heavy atom. The van der Waals surface area contributed by atoms with Crippen LogP contribution in [0, 0.1) is 0 Å². The Morgan fingerprint density at radius 3 is 0.798 bits per heavy atom. The summed E-state index contributed by atoms with van der Waals surface area (Å²) >= 11 is 0. The highest BCUT2D eigenvalue weighted by Crippen LogP contribution is 2.46. The Morgan fingerprint density at radius 1 is 0.147 bits per heavy atom. The Bertz CT molecular complexity index is 8090. The van der Waals surface area contributed by atoms with Gasteiger partial charge in [-0.1, -0.05) is 340 Å². The highest BCUT2D eigenvalue weighted by Gasteiger charge is 2.23. The van der Waals surface area contributed by atoms with Gasteiger partial charge >= 0.3 is 0 Å². The van der Waals surface area contributed by atoms with E-state index in [1.165, 1.54) is 88.3 Å². The van der Waals surface area contributed by atoms with E-state index < -0.39 is 0 Å². The summed E-state index contributed by atoms with van der Waals surface area (Å²) in [4.78, 5) is 15.2. The second kappa shape index (κ2) is 32.2. The number of hydrogen-bond donors (Lipinski definition) is 0. The minimum absolute atomic E-state index is 0.608. The topological polar surface area (TPSA) is 61.7 Å². The summed E-state index contributed by atoms with van der Waals surface area (Å²) in [6, 6.07) is 174. The molecule has 0 amide bonds. The maximum absolute atomic E-state index is 7.04. The van der Waals surface area contributed by atoms with Crippen molar-refractivity contribution in [3.63, 3.8) is 0 Å². The van der Waals surface area contributed by atoms with Gasteiger partial charge < -0.3 is 13.6 Å². The van der Waals surface area contributed by atoms with E-state index in [4.69, 9.17) is 19.4 Å². The molecule has 0 spiro atoms. The molecule has 24 aromatic rings. The van der Waals surface area contributed by atoms with Crippen LogP contribution in [0.3, 0.4) is 0 Å². The average Bonchev–Trinajstić information content (AvgIpc) is 1.60. The van der Waals surface area contributed by atoms with E-state index in [1.54, 1.807) is 0 Å². The lowest BCUT2D eigenvalue weighted by atomic mass is 9.90. The van der Waals surface area contributed by atoms with Gasteiger partial charge in [0.1, 0.15) is 11.2 Å². The predicted octanol–water partition coefficient (Wildman–Crippen LogP) is 33.0. The zero-order chi connectivity index (χ0) is 85.2. The van der Waals surface area contributed by atoms with Gasteiger partial charge in [-0.3, -0.25) is 0 Å². The van der Waals surface area contributed by atoms with Crippen LogP contribution in [0.15, 0.2) is 484 Å². The van der Waals surface area contributed by atoms with Crippen molar-refractivity contribution >= 4 is 65.6 Å².